The molecule has 130 valence electrons. The summed E-state index contributed by atoms with van der Waals surface area (Å²) in [5.74, 6) is -0.270. The summed E-state index contributed by atoms with van der Waals surface area (Å²) in [7, 11) is 0. The van der Waals surface area contributed by atoms with Crippen LogP contribution in [0.15, 0.2) is 0 Å². The van der Waals surface area contributed by atoms with Gasteiger partial charge in [-0.15, -0.1) is 12.6 Å². The van der Waals surface area contributed by atoms with Gasteiger partial charge in [0, 0.05) is 10.6 Å². The number of unbranched alkanes of at least 4 members (excludes halogenated alkanes) is 12. The number of thiocarbonyl (C=S) groups is 1. The first kappa shape index (κ1) is 21.9. The first-order valence-electron chi connectivity index (χ1n) is 8.81. The van der Waals surface area contributed by atoms with Crippen LogP contribution in [0.2, 0.25) is 0 Å². The van der Waals surface area contributed by atoms with Gasteiger partial charge in [0.1, 0.15) is 0 Å². The maximum Gasteiger partial charge on any atom is 0.243 e. The number of rotatable bonds is 16. The van der Waals surface area contributed by atoms with Crippen LogP contribution in [-0.4, -0.2) is 15.3 Å². The van der Waals surface area contributed by atoms with Crippen molar-refractivity contribution >= 4 is 35.0 Å². The van der Waals surface area contributed by atoms with Crippen LogP contribution < -0.4 is 5.48 Å². The molecule has 0 spiro atoms. The van der Waals surface area contributed by atoms with Crippen molar-refractivity contribution in [2.24, 2.45) is 0 Å². The third kappa shape index (κ3) is 17.9. The first-order chi connectivity index (χ1) is 10.7. The molecule has 3 nitrogen and oxygen atoms in total. The van der Waals surface area contributed by atoms with E-state index in [1.54, 1.807) is 5.48 Å². The summed E-state index contributed by atoms with van der Waals surface area (Å²) in [6.45, 7) is 0. The second kappa shape index (κ2) is 17.2. The normalized spacial score (nSPS) is 10.6. The van der Waals surface area contributed by atoms with E-state index < -0.39 is 0 Å². The monoisotopic (exact) mass is 347 g/mol. The lowest BCUT2D eigenvalue weighted by Gasteiger charge is -2.03. The topological polar surface area (TPSA) is 49.3 Å². The zero-order valence-corrected chi connectivity index (χ0v) is 15.5. The van der Waals surface area contributed by atoms with E-state index in [4.69, 9.17) is 17.4 Å². The number of nitrogens with one attached hydrogen (secondary N) is 1. The van der Waals surface area contributed by atoms with Crippen LogP contribution in [0.5, 0.6) is 0 Å². The third-order valence-electron chi connectivity index (χ3n) is 3.92. The summed E-state index contributed by atoms with van der Waals surface area (Å²) in [5.41, 5.74) is 1.67. The highest BCUT2D eigenvalue weighted by Gasteiger charge is 1.98. The second-order valence-electron chi connectivity index (χ2n) is 6.02. The number of carbonyl (C=O) groups excluding carboxylic acids is 1. The van der Waals surface area contributed by atoms with Gasteiger partial charge in [-0.1, -0.05) is 82.8 Å². The predicted molar refractivity (Wildman–Crippen MR) is 101 cm³/mol. The quantitative estimate of drug-likeness (QED) is 0.112. The molecule has 0 aromatic rings. The smallest absolute Gasteiger partial charge is 0.243 e. The largest absolute Gasteiger partial charge is 0.289 e. The maximum atomic E-state index is 10.8. The van der Waals surface area contributed by atoms with Gasteiger partial charge in [-0.2, -0.15) is 0 Å². The molecule has 0 atom stereocenters. The molecule has 0 aromatic heterocycles. The van der Waals surface area contributed by atoms with Crippen molar-refractivity contribution in [3.8, 4) is 0 Å². The zero-order chi connectivity index (χ0) is 16.5. The summed E-state index contributed by atoms with van der Waals surface area (Å²) < 4.78 is 0.844. The zero-order valence-electron chi connectivity index (χ0n) is 13.8. The Hall–Kier alpha value is -0.130. The number of hydroxylamine groups is 1. The fraction of sp³-hybridized carbons (Fsp3) is 0.882. The fourth-order valence-corrected chi connectivity index (χ4v) is 2.86. The SMILES string of the molecule is O=C(CCCCCCCCCCCCCCCC(=S)S)NO. The van der Waals surface area contributed by atoms with Crippen LogP contribution in [-0.2, 0) is 4.79 Å². The Balaban J connectivity index is 3.02. The number of hydrogen-bond acceptors (Lipinski definition) is 3. The van der Waals surface area contributed by atoms with Crippen molar-refractivity contribution in [3.63, 3.8) is 0 Å². The molecule has 2 N–H and O–H groups in total. The summed E-state index contributed by atoms with van der Waals surface area (Å²) in [6.07, 6.45) is 17.8. The summed E-state index contributed by atoms with van der Waals surface area (Å²) in [5, 5.41) is 8.35. The van der Waals surface area contributed by atoms with Crippen molar-refractivity contribution < 1.29 is 10.0 Å². The minimum absolute atomic E-state index is 0.270. The van der Waals surface area contributed by atoms with Crippen LogP contribution >= 0.6 is 24.8 Å². The van der Waals surface area contributed by atoms with Crippen molar-refractivity contribution in [2.45, 2.75) is 96.3 Å². The van der Waals surface area contributed by atoms with E-state index in [9.17, 15) is 4.79 Å². The maximum absolute atomic E-state index is 10.8. The molecule has 0 aliphatic rings. The van der Waals surface area contributed by atoms with Crippen molar-refractivity contribution in [1.82, 2.24) is 5.48 Å². The average Bonchev–Trinajstić information content (AvgIpc) is 2.50. The Kier molecular flexibility index (Phi) is 17.1. The standard InChI is InChI=1S/C17H33NO2S2/c19-16(18-20)14-12-10-8-6-4-2-1-3-5-7-9-11-13-15-17(21)22/h20H,1-15H2,(H,18,19)(H,21,22). The highest BCUT2D eigenvalue weighted by Crippen LogP contribution is 2.13. The Morgan fingerprint density at radius 3 is 1.36 bits per heavy atom. The summed E-state index contributed by atoms with van der Waals surface area (Å²) in [4.78, 5) is 10.8. The molecule has 0 saturated heterocycles. The highest BCUT2D eigenvalue weighted by molar-refractivity contribution is 8.11. The Labute approximate surface area is 147 Å². The van der Waals surface area contributed by atoms with Gasteiger partial charge in [-0.05, 0) is 19.3 Å². The van der Waals surface area contributed by atoms with Crippen molar-refractivity contribution in [1.29, 1.82) is 0 Å². The van der Waals surface area contributed by atoms with E-state index in [0.717, 1.165) is 23.5 Å². The number of hydrogen-bond donors (Lipinski definition) is 3. The Morgan fingerprint density at radius 1 is 0.727 bits per heavy atom. The average molecular weight is 348 g/mol. The lowest BCUT2D eigenvalue weighted by molar-refractivity contribution is -0.129. The molecule has 0 aliphatic heterocycles. The molecule has 0 radical (unpaired) electrons. The minimum Gasteiger partial charge on any atom is -0.289 e. The van der Waals surface area contributed by atoms with Crippen LogP contribution in [0, 0.1) is 0 Å². The lowest BCUT2D eigenvalue weighted by Crippen LogP contribution is -2.17. The van der Waals surface area contributed by atoms with Crippen molar-refractivity contribution in [3.05, 3.63) is 0 Å². The van der Waals surface area contributed by atoms with E-state index in [1.807, 2.05) is 0 Å². The molecule has 0 aromatic carbocycles. The van der Waals surface area contributed by atoms with Crippen LogP contribution in [0.3, 0.4) is 0 Å². The van der Waals surface area contributed by atoms with Crippen molar-refractivity contribution in [2.75, 3.05) is 0 Å². The summed E-state index contributed by atoms with van der Waals surface area (Å²) >= 11 is 9.08. The third-order valence-corrected chi connectivity index (χ3v) is 4.35. The minimum atomic E-state index is -0.270. The van der Waals surface area contributed by atoms with E-state index in [-0.39, 0.29) is 5.91 Å². The first-order valence-corrected chi connectivity index (χ1v) is 9.67. The van der Waals surface area contributed by atoms with E-state index in [1.165, 1.54) is 70.6 Å². The molecule has 22 heavy (non-hydrogen) atoms. The molecule has 0 unspecified atom stereocenters. The van der Waals surface area contributed by atoms with E-state index in [0.29, 0.717) is 6.42 Å². The second-order valence-corrected chi connectivity index (χ2v) is 7.36. The highest BCUT2D eigenvalue weighted by atomic mass is 32.1. The van der Waals surface area contributed by atoms with Gasteiger partial charge in [-0.3, -0.25) is 10.0 Å². The van der Waals surface area contributed by atoms with Gasteiger partial charge in [0.2, 0.25) is 5.91 Å². The molecule has 0 bridgehead atoms. The van der Waals surface area contributed by atoms with E-state index in [2.05, 4.69) is 12.6 Å². The molecule has 5 heteroatoms. The van der Waals surface area contributed by atoms with Gasteiger partial charge in [0.15, 0.2) is 0 Å². The molecule has 0 fully saturated rings. The number of carbonyl (C=O) groups is 1. The van der Waals surface area contributed by atoms with Gasteiger partial charge < -0.3 is 0 Å². The Bertz CT molecular complexity index is 286. The number of amides is 1. The van der Waals surface area contributed by atoms with Gasteiger partial charge in [-0.25, -0.2) is 5.48 Å². The van der Waals surface area contributed by atoms with Crippen LogP contribution in [0.25, 0.3) is 0 Å². The molecule has 0 saturated carbocycles. The molecule has 0 aliphatic carbocycles. The molecule has 0 rings (SSSR count). The van der Waals surface area contributed by atoms with Crippen LogP contribution in [0.1, 0.15) is 96.3 Å². The van der Waals surface area contributed by atoms with Gasteiger partial charge in [0.05, 0.1) is 0 Å². The summed E-state index contributed by atoms with van der Waals surface area (Å²) in [6, 6.07) is 0. The number of thiol groups is 1. The lowest BCUT2D eigenvalue weighted by atomic mass is 10.0. The Morgan fingerprint density at radius 2 is 1.05 bits per heavy atom. The molecule has 1 amide bonds. The van der Waals surface area contributed by atoms with E-state index >= 15 is 0 Å². The van der Waals surface area contributed by atoms with Crippen LogP contribution in [0.4, 0.5) is 0 Å². The van der Waals surface area contributed by atoms with Gasteiger partial charge >= 0.3 is 0 Å². The molecular formula is C17H33NO2S2. The predicted octanol–water partition coefficient (Wildman–Crippen LogP) is 5.60. The molecular weight excluding hydrogens is 314 g/mol. The fourth-order valence-electron chi connectivity index (χ4n) is 2.56. The van der Waals surface area contributed by atoms with Gasteiger partial charge in [0.25, 0.3) is 0 Å². The molecule has 0 heterocycles.